The van der Waals surface area contributed by atoms with Crippen molar-refractivity contribution in [2.75, 3.05) is 10.7 Å². The summed E-state index contributed by atoms with van der Waals surface area (Å²) in [5, 5.41) is 2.92. The molecule has 4 rings (SSSR count). The van der Waals surface area contributed by atoms with Gasteiger partial charge in [0.05, 0.1) is 11.0 Å². The summed E-state index contributed by atoms with van der Waals surface area (Å²) < 4.78 is 1.62. The minimum Gasteiger partial charge on any atom is -0.326 e. The summed E-state index contributed by atoms with van der Waals surface area (Å²) in [4.78, 5) is 28.7. The zero-order valence-corrected chi connectivity index (χ0v) is 13.6. The van der Waals surface area contributed by atoms with E-state index in [-0.39, 0.29) is 24.2 Å². The van der Waals surface area contributed by atoms with Crippen molar-refractivity contribution in [1.82, 2.24) is 9.66 Å². The van der Waals surface area contributed by atoms with E-state index in [1.165, 1.54) is 0 Å². The molecule has 1 aliphatic rings. The average Bonchev–Trinajstić information content (AvgIpc) is 3.03. The van der Waals surface area contributed by atoms with E-state index >= 15 is 0 Å². The number of amides is 2. The van der Waals surface area contributed by atoms with Crippen LogP contribution in [0.3, 0.4) is 0 Å². The van der Waals surface area contributed by atoms with Crippen LogP contribution in [0, 0.1) is 5.92 Å². The Morgan fingerprint density at radius 1 is 1.20 bits per heavy atom. The molecule has 2 amide bonds. The third-order valence-corrected chi connectivity index (χ3v) is 4.53. The number of para-hydroxylation sites is 3. The van der Waals surface area contributed by atoms with Gasteiger partial charge in [0.2, 0.25) is 11.8 Å². The fourth-order valence-corrected chi connectivity index (χ4v) is 3.19. The number of anilines is 1. The smallest absolute Gasteiger partial charge is 0.238 e. The quantitative estimate of drug-likeness (QED) is 0.770. The second-order valence-electron chi connectivity index (χ2n) is 6.22. The Morgan fingerprint density at radius 2 is 2.00 bits per heavy atom. The minimum absolute atomic E-state index is 0.0143. The van der Waals surface area contributed by atoms with Crippen molar-refractivity contribution in [3.8, 4) is 0 Å². The fraction of sp³-hybridized carbons (Fsp3) is 0.211. The van der Waals surface area contributed by atoms with Crippen LogP contribution in [0.5, 0.6) is 0 Å². The molecule has 3 aromatic rings. The van der Waals surface area contributed by atoms with Crippen molar-refractivity contribution in [3.63, 3.8) is 0 Å². The number of aromatic nitrogens is 2. The number of hydrogen-bond acceptors (Lipinski definition) is 3. The number of rotatable bonds is 4. The molecular formula is C19H18N4O2. The maximum absolute atomic E-state index is 12.3. The SMILES string of the molecule is O=C(CCC1Cc2ccccc2NC1=O)Nn1cnc2ccccc21. The Hall–Kier alpha value is -3.15. The van der Waals surface area contributed by atoms with Crippen LogP contribution in [0.4, 0.5) is 5.69 Å². The predicted octanol–water partition coefficient (Wildman–Crippen LogP) is 2.70. The van der Waals surface area contributed by atoms with Crippen LogP contribution in [0.1, 0.15) is 18.4 Å². The predicted molar refractivity (Wildman–Crippen MR) is 95.6 cm³/mol. The molecule has 2 N–H and O–H groups in total. The van der Waals surface area contributed by atoms with E-state index in [1.807, 2.05) is 48.5 Å². The first kappa shape index (κ1) is 15.4. The van der Waals surface area contributed by atoms with Crippen LogP contribution < -0.4 is 10.7 Å². The van der Waals surface area contributed by atoms with E-state index in [9.17, 15) is 9.59 Å². The van der Waals surface area contributed by atoms with Crippen LogP contribution in [0.15, 0.2) is 54.9 Å². The lowest BCUT2D eigenvalue weighted by Crippen LogP contribution is -2.31. The highest BCUT2D eigenvalue weighted by Crippen LogP contribution is 2.27. The van der Waals surface area contributed by atoms with Gasteiger partial charge >= 0.3 is 0 Å². The molecule has 0 fully saturated rings. The Morgan fingerprint density at radius 3 is 2.92 bits per heavy atom. The van der Waals surface area contributed by atoms with Crippen molar-refractivity contribution < 1.29 is 9.59 Å². The van der Waals surface area contributed by atoms with Crippen molar-refractivity contribution in [3.05, 3.63) is 60.4 Å². The minimum atomic E-state index is -0.180. The lowest BCUT2D eigenvalue weighted by atomic mass is 9.89. The normalized spacial score (nSPS) is 16.3. The number of nitrogens with zero attached hydrogens (tertiary/aromatic N) is 2. The molecule has 0 bridgehead atoms. The fourth-order valence-electron chi connectivity index (χ4n) is 3.19. The molecule has 0 saturated carbocycles. The van der Waals surface area contributed by atoms with Crippen molar-refractivity contribution in [2.24, 2.45) is 5.92 Å². The van der Waals surface area contributed by atoms with Crippen LogP contribution in [-0.4, -0.2) is 21.5 Å². The number of fused-ring (bicyclic) bond motifs is 2. The number of imidazole rings is 1. The van der Waals surface area contributed by atoms with Crippen LogP contribution in [0.2, 0.25) is 0 Å². The van der Waals surface area contributed by atoms with E-state index in [2.05, 4.69) is 15.7 Å². The van der Waals surface area contributed by atoms with E-state index in [4.69, 9.17) is 0 Å². The van der Waals surface area contributed by atoms with Gasteiger partial charge in [-0.25, -0.2) is 9.66 Å². The van der Waals surface area contributed by atoms with E-state index in [0.29, 0.717) is 12.8 Å². The highest BCUT2D eigenvalue weighted by molar-refractivity contribution is 5.96. The monoisotopic (exact) mass is 334 g/mol. The van der Waals surface area contributed by atoms with Gasteiger partial charge in [0.15, 0.2) is 0 Å². The third-order valence-electron chi connectivity index (χ3n) is 4.53. The highest BCUT2D eigenvalue weighted by Gasteiger charge is 2.26. The van der Waals surface area contributed by atoms with Gasteiger partial charge in [0.25, 0.3) is 0 Å². The molecule has 6 heteroatoms. The van der Waals surface area contributed by atoms with Gasteiger partial charge in [-0.15, -0.1) is 0 Å². The maximum atomic E-state index is 12.3. The molecule has 1 aromatic heterocycles. The molecule has 25 heavy (non-hydrogen) atoms. The molecule has 2 aromatic carbocycles. The van der Waals surface area contributed by atoms with Gasteiger partial charge in [-0.1, -0.05) is 30.3 Å². The zero-order valence-electron chi connectivity index (χ0n) is 13.6. The summed E-state index contributed by atoms with van der Waals surface area (Å²) in [6, 6.07) is 15.4. The number of benzene rings is 2. The number of nitrogens with one attached hydrogen (secondary N) is 2. The Labute approximate surface area is 144 Å². The zero-order chi connectivity index (χ0) is 17.2. The first-order valence-electron chi connectivity index (χ1n) is 8.31. The molecule has 0 saturated heterocycles. The molecule has 0 aliphatic carbocycles. The highest BCUT2D eigenvalue weighted by atomic mass is 16.2. The van der Waals surface area contributed by atoms with Gasteiger partial charge in [0.1, 0.15) is 6.33 Å². The topological polar surface area (TPSA) is 76.0 Å². The molecule has 2 heterocycles. The largest absolute Gasteiger partial charge is 0.326 e. The van der Waals surface area contributed by atoms with Crippen LogP contribution >= 0.6 is 0 Å². The molecular weight excluding hydrogens is 316 g/mol. The molecule has 126 valence electrons. The molecule has 1 unspecified atom stereocenters. The van der Waals surface area contributed by atoms with E-state index < -0.39 is 0 Å². The summed E-state index contributed by atoms with van der Waals surface area (Å²) >= 11 is 0. The Bertz CT molecular complexity index is 947. The first-order valence-corrected chi connectivity index (χ1v) is 8.31. The lowest BCUT2D eigenvalue weighted by Gasteiger charge is -2.24. The molecule has 1 aliphatic heterocycles. The standard InChI is InChI=1S/C19H18N4O2/c24-18(22-23-12-20-16-7-3-4-8-17(16)23)10-9-14-11-13-5-1-2-6-15(13)21-19(14)25/h1-8,12,14H,9-11H2,(H,21,25)(H,22,24). The Kier molecular flexibility index (Phi) is 3.93. The Balaban J connectivity index is 1.38. The molecule has 6 nitrogen and oxygen atoms in total. The van der Waals surface area contributed by atoms with E-state index in [0.717, 1.165) is 22.3 Å². The van der Waals surface area contributed by atoms with Crippen molar-refractivity contribution >= 4 is 28.5 Å². The number of carbonyl (C=O) groups is 2. The summed E-state index contributed by atoms with van der Waals surface area (Å²) in [7, 11) is 0. The summed E-state index contributed by atoms with van der Waals surface area (Å²) in [5.74, 6) is -0.324. The van der Waals surface area contributed by atoms with Crippen molar-refractivity contribution in [1.29, 1.82) is 0 Å². The molecule has 1 atom stereocenters. The van der Waals surface area contributed by atoms with Gasteiger partial charge < -0.3 is 5.32 Å². The summed E-state index contributed by atoms with van der Waals surface area (Å²) in [5.41, 5.74) is 6.49. The van der Waals surface area contributed by atoms with Crippen molar-refractivity contribution in [2.45, 2.75) is 19.3 Å². The third kappa shape index (κ3) is 3.10. The number of carbonyl (C=O) groups excluding carboxylic acids is 2. The van der Waals surface area contributed by atoms with Crippen LogP contribution in [-0.2, 0) is 16.0 Å². The summed E-state index contributed by atoms with van der Waals surface area (Å²) in [6.45, 7) is 0. The van der Waals surface area contributed by atoms with Gasteiger partial charge in [-0.05, 0) is 36.6 Å². The number of hydrogen-bond donors (Lipinski definition) is 2. The van der Waals surface area contributed by atoms with Gasteiger partial charge in [0, 0.05) is 18.0 Å². The van der Waals surface area contributed by atoms with Crippen LogP contribution in [0.25, 0.3) is 11.0 Å². The first-order chi connectivity index (χ1) is 12.2. The summed E-state index contributed by atoms with van der Waals surface area (Å²) in [6.07, 6.45) is 3.06. The lowest BCUT2D eigenvalue weighted by molar-refractivity contribution is -0.121. The second kappa shape index (κ2) is 6.39. The second-order valence-corrected chi connectivity index (χ2v) is 6.22. The van der Waals surface area contributed by atoms with Gasteiger partial charge in [-0.3, -0.25) is 15.0 Å². The molecule has 0 spiro atoms. The van der Waals surface area contributed by atoms with Gasteiger partial charge in [-0.2, -0.15) is 0 Å². The molecule has 0 radical (unpaired) electrons. The van der Waals surface area contributed by atoms with E-state index in [1.54, 1.807) is 11.0 Å². The maximum Gasteiger partial charge on any atom is 0.238 e. The average molecular weight is 334 g/mol.